The lowest BCUT2D eigenvalue weighted by Crippen LogP contribution is -1.90. The summed E-state index contributed by atoms with van der Waals surface area (Å²) in [4.78, 5) is 10.9. The number of hydrazone groups is 1. The van der Waals surface area contributed by atoms with Crippen LogP contribution >= 0.6 is 22.7 Å². The van der Waals surface area contributed by atoms with Gasteiger partial charge in [-0.15, -0.1) is 22.7 Å². The molecule has 0 aromatic carbocycles. The molecule has 0 saturated carbocycles. The molecule has 0 unspecified atom stereocenters. The predicted molar refractivity (Wildman–Crippen MR) is 85.6 cm³/mol. The predicted octanol–water partition coefficient (Wildman–Crippen LogP) is 4.02. The molecule has 3 heterocycles. The van der Waals surface area contributed by atoms with Crippen molar-refractivity contribution < 1.29 is 0 Å². The molecule has 0 saturated heterocycles. The second kappa shape index (κ2) is 5.94. The molecule has 0 fully saturated rings. The standard InChI is InChI=1S/C14H12N4S2/c1-10-13(12-3-2-8-19-12)17-14(20-10)18-16-9-11-4-6-15-7-5-11/h2-9H,1H3,(H,17,18)/b16-9-. The number of anilines is 1. The quantitative estimate of drug-likeness (QED) is 0.585. The number of nitrogens with zero attached hydrogens (tertiary/aromatic N) is 3. The van der Waals surface area contributed by atoms with Crippen LogP contribution in [0.2, 0.25) is 0 Å². The molecule has 20 heavy (non-hydrogen) atoms. The van der Waals surface area contributed by atoms with Crippen molar-refractivity contribution in [2.45, 2.75) is 6.92 Å². The van der Waals surface area contributed by atoms with Gasteiger partial charge in [0.25, 0.3) is 0 Å². The highest BCUT2D eigenvalue weighted by Gasteiger charge is 2.09. The van der Waals surface area contributed by atoms with E-state index in [0.717, 1.165) is 16.4 Å². The fourth-order valence-corrected chi connectivity index (χ4v) is 3.31. The third-order valence-corrected chi connectivity index (χ3v) is 4.38. The Balaban J connectivity index is 1.73. The number of hydrogen-bond acceptors (Lipinski definition) is 6. The van der Waals surface area contributed by atoms with Gasteiger partial charge in [-0.25, -0.2) is 4.98 Å². The molecule has 3 rings (SSSR count). The third-order valence-electron chi connectivity index (χ3n) is 2.63. The molecule has 4 nitrogen and oxygen atoms in total. The van der Waals surface area contributed by atoms with Gasteiger partial charge in [0.2, 0.25) is 5.13 Å². The van der Waals surface area contributed by atoms with E-state index in [2.05, 4.69) is 38.9 Å². The second-order valence-corrected chi connectivity index (χ2v) is 6.20. The van der Waals surface area contributed by atoms with Crippen molar-refractivity contribution >= 4 is 34.0 Å². The van der Waals surface area contributed by atoms with Gasteiger partial charge in [-0.2, -0.15) is 5.10 Å². The average molecular weight is 300 g/mol. The van der Waals surface area contributed by atoms with Crippen LogP contribution in [-0.4, -0.2) is 16.2 Å². The monoisotopic (exact) mass is 300 g/mol. The maximum Gasteiger partial charge on any atom is 0.204 e. The number of pyridine rings is 1. The molecule has 0 radical (unpaired) electrons. The van der Waals surface area contributed by atoms with E-state index < -0.39 is 0 Å². The van der Waals surface area contributed by atoms with Crippen LogP contribution in [0.25, 0.3) is 10.6 Å². The van der Waals surface area contributed by atoms with E-state index in [1.165, 1.54) is 9.75 Å². The van der Waals surface area contributed by atoms with Gasteiger partial charge in [-0.1, -0.05) is 6.07 Å². The first kappa shape index (κ1) is 13.0. The van der Waals surface area contributed by atoms with Crippen LogP contribution in [0.5, 0.6) is 0 Å². The van der Waals surface area contributed by atoms with E-state index in [4.69, 9.17) is 0 Å². The average Bonchev–Trinajstić information content (AvgIpc) is 3.09. The Bertz CT molecular complexity index is 702. The van der Waals surface area contributed by atoms with Gasteiger partial charge in [0.15, 0.2) is 0 Å². The number of thiazole rings is 1. The number of thiophene rings is 1. The zero-order valence-corrected chi connectivity index (χ0v) is 12.4. The van der Waals surface area contributed by atoms with Crippen LogP contribution < -0.4 is 5.43 Å². The van der Waals surface area contributed by atoms with Crippen molar-refractivity contribution in [2.75, 3.05) is 5.43 Å². The largest absolute Gasteiger partial charge is 0.265 e. The van der Waals surface area contributed by atoms with E-state index in [9.17, 15) is 0 Å². The fraction of sp³-hybridized carbons (Fsp3) is 0.0714. The highest BCUT2D eigenvalue weighted by atomic mass is 32.1. The van der Waals surface area contributed by atoms with E-state index in [0.29, 0.717) is 0 Å². The van der Waals surface area contributed by atoms with E-state index >= 15 is 0 Å². The zero-order chi connectivity index (χ0) is 13.8. The minimum Gasteiger partial charge on any atom is -0.265 e. The first-order valence-electron chi connectivity index (χ1n) is 6.03. The molecular formula is C14H12N4S2. The maximum atomic E-state index is 4.58. The topological polar surface area (TPSA) is 50.2 Å². The van der Waals surface area contributed by atoms with E-state index in [-0.39, 0.29) is 0 Å². The highest BCUT2D eigenvalue weighted by molar-refractivity contribution is 7.17. The summed E-state index contributed by atoms with van der Waals surface area (Å²) in [6, 6.07) is 7.91. The maximum absolute atomic E-state index is 4.58. The van der Waals surface area contributed by atoms with E-state index in [1.807, 2.05) is 18.2 Å². The number of rotatable bonds is 4. The molecule has 0 atom stereocenters. The first-order chi connectivity index (χ1) is 9.83. The summed E-state index contributed by atoms with van der Waals surface area (Å²) in [6.45, 7) is 2.07. The Morgan fingerprint density at radius 1 is 1.25 bits per heavy atom. The van der Waals surface area contributed by atoms with Crippen molar-refractivity contribution in [3.63, 3.8) is 0 Å². The molecule has 100 valence electrons. The van der Waals surface area contributed by atoms with E-state index in [1.54, 1.807) is 41.3 Å². The third kappa shape index (κ3) is 2.92. The molecule has 6 heteroatoms. The number of aryl methyl sites for hydroxylation is 1. The molecule has 3 aromatic rings. The molecule has 0 aliphatic heterocycles. The van der Waals surface area contributed by atoms with Gasteiger partial charge >= 0.3 is 0 Å². The van der Waals surface area contributed by atoms with Crippen molar-refractivity contribution in [1.29, 1.82) is 0 Å². The molecule has 1 N–H and O–H groups in total. The lowest BCUT2D eigenvalue weighted by molar-refractivity contribution is 1.28. The summed E-state index contributed by atoms with van der Waals surface area (Å²) < 4.78 is 0. The van der Waals surface area contributed by atoms with Gasteiger partial charge in [-0.3, -0.25) is 10.4 Å². The highest BCUT2D eigenvalue weighted by Crippen LogP contribution is 2.32. The summed E-state index contributed by atoms with van der Waals surface area (Å²) in [5, 5.41) is 7.06. The van der Waals surface area contributed by atoms with Crippen LogP contribution in [0, 0.1) is 6.92 Å². The lowest BCUT2D eigenvalue weighted by atomic mass is 10.3. The van der Waals surface area contributed by atoms with Crippen LogP contribution in [-0.2, 0) is 0 Å². The SMILES string of the molecule is Cc1sc(N/N=C\c2ccncc2)nc1-c1cccs1. The van der Waals surface area contributed by atoms with Crippen LogP contribution in [0.4, 0.5) is 5.13 Å². The Hall–Kier alpha value is -2.05. The van der Waals surface area contributed by atoms with Gasteiger partial charge in [-0.05, 0) is 36.1 Å². The molecule has 0 aliphatic rings. The van der Waals surface area contributed by atoms with Gasteiger partial charge < -0.3 is 0 Å². The van der Waals surface area contributed by atoms with Crippen molar-refractivity contribution in [3.8, 4) is 10.6 Å². The molecule has 0 amide bonds. The Morgan fingerprint density at radius 3 is 2.85 bits per heavy atom. The molecule has 0 spiro atoms. The summed E-state index contributed by atoms with van der Waals surface area (Å²) >= 11 is 3.30. The van der Waals surface area contributed by atoms with Crippen LogP contribution in [0.3, 0.4) is 0 Å². The van der Waals surface area contributed by atoms with Gasteiger partial charge in [0.05, 0.1) is 16.8 Å². The second-order valence-electron chi connectivity index (χ2n) is 4.05. The minimum atomic E-state index is 0.802. The summed E-state index contributed by atoms with van der Waals surface area (Å²) in [7, 11) is 0. The summed E-state index contributed by atoms with van der Waals surface area (Å²) in [5.41, 5.74) is 5.01. The van der Waals surface area contributed by atoms with Crippen LogP contribution in [0.1, 0.15) is 10.4 Å². The van der Waals surface area contributed by atoms with Crippen molar-refractivity contribution in [2.24, 2.45) is 5.10 Å². The lowest BCUT2D eigenvalue weighted by Gasteiger charge is -1.93. The van der Waals surface area contributed by atoms with Crippen molar-refractivity contribution in [3.05, 3.63) is 52.5 Å². The number of hydrogen-bond donors (Lipinski definition) is 1. The molecule has 0 bridgehead atoms. The van der Waals surface area contributed by atoms with Crippen molar-refractivity contribution in [1.82, 2.24) is 9.97 Å². The molecule has 0 aliphatic carbocycles. The zero-order valence-electron chi connectivity index (χ0n) is 10.8. The number of aromatic nitrogens is 2. The normalized spacial score (nSPS) is 11.1. The van der Waals surface area contributed by atoms with Gasteiger partial charge in [0.1, 0.15) is 0 Å². The Labute approximate surface area is 124 Å². The molecular weight excluding hydrogens is 288 g/mol. The van der Waals surface area contributed by atoms with Crippen LogP contribution in [0.15, 0.2) is 47.1 Å². The smallest absolute Gasteiger partial charge is 0.204 e. The summed E-state index contributed by atoms with van der Waals surface area (Å²) in [6.07, 6.45) is 5.23. The first-order valence-corrected chi connectivity index (χ1v) is 7.73. The Kier molecular flexibility index (Phi) is 3.85. The number of nitrogens with one attached hydrogen (secondary N) is 1. The minimum absolute atomic E-state index is 0.802. The molecule has 3 aromatic heterocycles. The summed E-state index contributed by atoms with van der Waals surface area (Å²) in [5.74, 6) is 0. The fourth-order valence-electron chi connectivity index (χ4n) is 1.70. The van der Waals surface area contributed by atoms with Gasteiger partial charge in [0, 0.05) is 17.3 Å². The Morgan fingerprint density at radius 2 is 2.10 bits per heavy atom.